The van der Waals surface area contributed by atoms with E-state index in [2.05, 4.69) is 37.8 Å². The maximum Gasteiger partial charge on any atom is 0.239 e. The van der Waals surface area contributed by atoms with E-state index < -0.39 is 0 Å². The largest absolute Gasteiger partial charge is 0.367 e. The van der Waals surface area contributed by atoms with Gasteiger partial charge in [0.05, 0.1) is 6.04 Å². The first-order valence-electron chi connectivity index (χ1n) is 4.55. The number of nitrogens with zero attached hydrogens (tertiary/aromatic N) is 3. The van der Waals surface area contributed by atoms with Gasteiger partial charge in [-0.15, -0.1) is 5.10 Å². The molecule has 0 aliphatic heterocycles. The smallest absolute Gasteiger partial charge is 0.239 e. The first kappa shape index (κ1) is 10.0. The molecule has 0 bridgehead atoms. The van der Waals surface area contributed by atoms with E-state index in [0.29, 0.717) is 17.4 Å². The molecule has 0 aliphatic carbocycles. The summed E-state index contributed by atoms with van der Waals surface area (Å²) in [5.74, 6) is 0.348. The van der Waals surface area contributed by atoms with Crippen molar-refractivity contribution in [3.63, 3.8) is 0 Å². The molecule has 0 saturated heterocycles. The van der Waals surface area contributed by atoms with Gasteiger partial charge >= 0.3 is 0 Å². The van der Waals surface area contributed by atoms with Crippen LogP contribution in [0.25, 0.3) is 0 Å². The average Bonchev–Trinajstić information content (AvgIpc) is 2.31. The van der Waals surface area contributed by atoms with Crippen molar-refractivity contribution in [3.05, 3.63) is 6.33 Å². The zero-order valence-corrected chi connectivity index (χ0v) is 8.78. The standard InChI is InChI=1S/C9H18N4/c1-7(5-9(2,3)4)13-6-11-8(10)12-13/h6-7H,5H2,1-4H3,(H2,10,12). The summed E-state index contributed by atoms with van der Waals surface area (Å²) in [6, 6.07) is 0.352. The number of anilines is 1. The molecule has 2 N–H and O–H groups in total. The molecule has 74 valence electrons. The second kappa shape index (κ2) is 3.36. The molecule has 4 heteroatoms. The second-order valence-electron chi connectivity index (χ2n) is 4.70. The number of rotatable bonds is 2. The van der Waals surface area contributed by atoms with Crippen molar-refractivity contribution in [2.45, 2.75) is 40.2 Å². The van der Waals surface area contributed by atoms with Crippen LogP contribution in [-0.2, 0) is 0 Å². The molecular formula is C9H18N4. The summed E-state index contributed by atoms with van der Waals surface area (Å²) in [5.41, 5.74) is 5.74. The summed E-state index contributed by atoms with van der Waals surface area (Å²) in [4.78, 5) is 3.90. The molecule has 1 atom stereocenters. The van der Waals surface area contributed by atoms with Crippen molar-refractivity contribution < 1.29 is 0 Å². The molecule has 1 unspecified atom stereocenters. The summed E-state index contributed by atoms with van der Waals surface area (Å²) in [7, 11) is 0. The SMILES string of the molecule is CC(CC(C)(C)C)n1cnc(N)n1. The summed E-state index contributed by atoms with van der Waals surface area (Å²) in [6.45, 7) is 8.76. The highest BCUT2D eigenvalue weighted by Gasteiger charge is 2.17. The van der Waals surface area contributed by atoms with Crippen LogP contribution in [0, 0.1) is 5.41 Å². The highest BCUT2D eigenvalue weighted by Crippen LogP contribution is 2.26. The van der Waals surface area contributed by atoms with E-state index in [1.54, 1.807) is 6.33 Å². The van der Waals surface area contributed by atoms with Crippen molar-refractivity contribution in [2.24, 2.45) is 5.41 Å². The van der Waals surface area contributed by atoms with Crippen LogP contribution in [0.15, 0.2) is 6.33 Å². The molecule has 0 aliphatic rings. The van der Waals surface area contributed by atoms with Gasteiger partial charge in [0, 0.05) is 0 Å². The Labute approximate surface area is 79.2 Å². The van der Waals surface area contributed by atoms with Crippen LogP contribution in [0.1, 0.15) is 40.2 Å². The van der Waals surface area contributed by atoms with E-state index in [4.69, 9.17) is 5.73 Å². The minimum atomic E-state index is 0.306. The third-order valence-corrected chi connectivity index (χ3v) is 1.89. The highest BCUT2D eigenvalue weighted by molar-refractivity contribution is 5.09. The number of nitrogen functional groups attached to an aromatic ring is 1. The molecule has 4 nitrogen and oxygen atoms in total. The molecule has 0 aromatic carbocycles. The number of nitrogens with two attached hydrogens (primary N) is 1. The predicted molar refractivity (Wildman–Crippen MR) is 53.2 cm³/mol. The minimum Gasteiger partial charge on any atom is -0.367 e. The van der Waals surface area contributed by atoms with Crippen molar-refractivity contribution in [1.29, 1.82) is 0 Å². The van der Waals surface area contributed by atoms with Gasteiger partial charge in [-0.05, 0) is 18.8 Å². The van der Waals surface area contributed by atoms with Crippen LogP contribution >= 0.6 is 0 Å². The fourth-order valence-electron chi connectivity index (χ4n) is 1.48. The van der Waals surface area contributed by atoms with Gasteiger partial charge in [0.25, 0.3) is 0 Å². The lowest BCUT2D eigenvalue weighted by atomic mass is 9.89. The Kier molecular flexibility index (Phi) is 2.59. The lowest BCUT2D eigenvalue weighted by molar-refractivity contribution is 0.293. The quantitative estimate of drug-likeness (QED) is 0.759. The van der Waals surface area contributed by atoms with Gasteiger partial charge < -0.3 is 5.73 Å². The van der Waals surface area contributed by atoms with Gasteiger partial charge in [-0.25, -0.2) is 9.67 Å². The Balaban J connectivity index is 2.64. The molecule has 0 saturated carbocycles. The number of hydrogen-bond donors (Lipinski definition) is 1. The Morgan fingerprint density at radius 3 is 2.54 bits per heavy atom. The molecule has 1 aromatic heterocycles. The van der Waals surface area contributed by atoms with Gasteiger partial charge in [-0.2, -0.15) is 0 Å². The third-order valence-electron chi connectivity index (χ3n) is 1.89. The zero-order chi connectivity index (χ0) is 10.1. The van der Waals surface area contributed by atoms with Gasteiger partial charge in [-0.3, -0.25) is 0 Å². The lowest BCUT2D eigenvalue weighted by Gasteiger charge is -2.22. The molecule has 0 spiro atoms. The van der Waals surface area contributed by atoms with Crippen molar-refractivity contribution >= 4 is 5.95 Å². The molecule has 1 heterocycles. The van der Waals surface area contributed by atoms with E-state index in [1.807, 2.05) is 4.68 Å². The van der Waals surface area contributed by atoms with E-state index in [-0.39, 0.29) is 0 Å². The molecule has 1 aromatic rings. The molecule has 0 amide bonds. The second-order valence-corrected chi connectivity index (χ2v) is 4.70. The average molecular weight is 182 g/mol. The molecule has 1 rings (SSSR count). The van der Waals surface area contributed by atoms with Gasteiger partial charge in [-0.1, -0.05) is 20.8 Å². The van der Waals surface area contributed by atoms with Crippen LogP contribution in [0.4, 0.5) is 5.95 Å². The van der Waals surface area contributed by atoms with Crippen LogP contribution < -0.4 is 5.73 Å². The third kappa shape index (κ3) is 3.05. The van der Waals surface area contributed by atoms with Crippen molar-refractivity contribution in [3.8, 4) is 0 Å². The van der Waals surface area contributed by atoms with Crippen molar-refractivity contribution in [2.75, 3.05) is 5.73 Å². The van der Waals surface area contributed by atoms with Crippen LogP contribution in [-0.4, -0.2) is 14.8 Å². The lowest BCUT2D eigenvalue weighted by Crippen LogP contribution is -2.15. The zero-order valence-electron chi connectivity index (χ0n) is 8.78. The summed E-state index contributed by atoms with van der Waals surface area (Å²) >= 11 is 0. The Bertz CT molecular complexity index is 271. The summed E-state index contributed by atoms with van der Waals surface area (Å²) in [5, 5.41) is 4.08. The maximum atomic E-state index is 5.44. The van der Waals surface area contributed by atoms with E-state index in [1.165, 1.54) is 0 Å². The first-order valence-corrected chi connectivity index (χ1v) is 4.55. The topological polar surface area (TPSA) is 56.7 Å². The van der Waals surface area contributed by atoms with E-state index >= 15 is 0 Å². The fourth-order valence-corrected chi connectivity index (χ4v) is 1.48. The first-order chi connectivity index (χ1) is 5.88. The Morgan fingerprint density at radius 1 is 1.54 bits per heavy atom. The summed E-state index contributed by atoms with van der Waals surface area (Å²) < 4.78 is 1.82. The Hall–Kier alpha value is -1.06. The maximum absolute atomic E-state index is 5.44. The fraction of sp³-hybridized carbons (Fsp3) is 0.778. The highest BCUT2D eigenvalue weighted by atomic mass is 15.4. The van der Waals surface area contributed by atoms with Crippen LogP contribution in [0.2, 0.25) is 0 Å². The molecule has 13 heavy (non-hydrogen) atoms. The van der Waals surface area contributed by atoms with Crippen molar-refractivity contribution in [1.82, 2.24) is 14.8 Å². The monoisotopic (exact) mass is 182 g/mol. The van der Waals surface area contributed by atoms with Crippen LogP contribution in [0.3, 0.4) is 0 Å². The van der Waals surface area contributed by atoms with E-state index in [0.717, 1.165) is 6.42 Å². The van der Waals surface area contributed by atoms with Gasteiger partial charge in [0.15, 0.2) is 0 Å². The minimum absolute atomic E-state index is 0.306. The van der Waals surface area contributed by atoms with Crippen LogP contribution in [0.5, 0.6) is 0 Å². The predicted octanol–water partition coefficient (Wildman–Crippen LogP) is 1.86. The number of aromatic nitrogens is 3. The summed E-state index contributed by atoms with van der Waals surface area (Å²) in [6.07, 6.45) is 2.75. The molecular weight excluding hydrogens is 164 g/mol. The number of hydrogen-bond acceptors (Lipinski definition) is 3. The Morgan fingerprint density at radius 2 is 2.15 bits per heavy atom. The van der Waals surface area contributed by atoms with Gasteiger partial charge in [0.1, 0.15) is 6.33 Å². The normalized spacial score (nSPS) is 14.5. The van der Waals surface area contributed by atoms with E-state index in [9.17, 15) is 0 Å². The molecule has 0 radical (unpaired) electrons. The van der Waals surface area contributed by atoms with Gasteiger partial charge in [0.2, 0.25) is 5.95 Å². The molecule has 0 fully saturated rings.